The molecule has 0 fully saturated rings. The van der Waals surface area contributed by atoms with Gasteiger partial charge in [-0.05, 0) is 90.4 Å². The van der Waals surface area contributed by atoms with E-state index in [0.717, 1.165) is 66.7 Å². The van der Waals surface area contributed by atoms with Crippen LogP contribution in [0.5, 0.6) is 17.2 Å². The molecule has 0 aliphatic carbocycles. The van der Waals surface area contributed by atoms with Gasteiger partial charge in [0.2, 0.25) is 0 Å². The lowest BCUT2D eigenvalue weighted by Crippen LogP contribution is -2.11. The average molecular weight is 803 g/mol. The predicted octanol–water partition coefficient (Wildman–Crippen LogP) is 14.0. The molecule has 1 atom stereocenters. The maximum absolute atomic E-state index is 13.4. The Morgan fingerprint density at radius 2 is 1.02 bits per heavy atom. The molecule has 316 valence electrons. The minimum Gasteiger partial charge on any atom is -0.494 e. The van der Waals surface area contributed by atoms with E-state index in [1.807, 2.05) is 72.8 Å². The van der Waals surface area contributed by atoms with Gasteiger partial charge in [-0.2, -0.15) is 0 Å². The lowest BCUT2D eigenvalue weighted by molar-refractivity contribution is 0.0447. The molecule has 0 bridgehead atoms. The monoisotopic (exact) mass is 802 g/mol. The Labute approximate surface area is 352 Å². The number of ether oxygens (including phenoxy) is 4. The summed E-state index contributed by atoms with van der Waals surface area (Å²) in [7, 11) is 0. The van der Waals surface area contributed by atoms with Crippen molar-refractivity contribution in [3.8, 4) is 39.5 Å². The van der Waals surface area contributed by atoms with Crippen LogP contribution in [0.2, 0.25) is 0 Å². The largest absolute Gasteiger partial charge is 0.494 e. The summed E-state index contributed by atoms with van der Waals surface area (Å²) in [5.41, 5.74) is 4.53. The molecule has 1 heterocycles. The summed E-state index contributed by atoms with van der Waals surface area (Å²) in [6.07, 6.45) is 20.5. The highest BCUT2D eigenvalue weighted by Gasteiger charge is 2.12. The van der Waals surface area contributed by atoms with E-state index >= 15 is 0 Å². The van der Waals surface area contributed by atoms with Crippen LogP contribution in [-0.4, -0.2) is 32.4 Å². The molecule has 0 spiro atoms. The van der Waals surface area contributed by atoms with Gasteiger partial charge in [-0.25, -0.2) is 4.79 Å². The van der Waals surface area contributed by atoms with Crippen molar-refractivity contribution in [3.05, 3.63) is 113 Å². The summed E-state index contributed by atoms with van der Waals surface area (Å²) in [6, 6.07) is 28.9. The molecule has 5 rings (SSSR count). The van der Waals surface area contributed by atoms with E-state index < -0.39 is 0 Å². The third kappa shape index (κ3) is 15.3. The van der Waals surface area contributed by atoms with Gasteiger partial charge < -0.3 is 23.4 Å². The summed E-state index contributed by atoms with van der Waals surface area (Å²) >= 11 is 0. The molecule has 0 unspecified atom stereocenters. The fraction of sp³-hybridized carbons (Fsp3) is 0.462. The number of fused-ring (bicyclic) bond motifs is 1. The first-order chi connectivity index (χ1) is 28.9. The highest BCUT2D eigenvalue weighted by molar-refractivity contribution is 5.90. The second-order valence-corrected chi connectivity index (χ2v) is 15.9. The summed E-state index contributed by atoms with van der Waals surface area (Å²) < 4.78 is 29.3. The second-order valence-electron chi connectivity index (χ2n) is 15.9. The van der Waals surface area contributed by atoms with Gasteiger partial charge >= 0.3 is 5.97 Å². The highest BCUT2D eigenvalue weighted by atomic mass is 16.5. The zero-order valence-electron chi connectivity index (χ0n) is 35.8. The van der Waals surface area contributed by atoms with Crippen molar-refractivity contribution in [1.82, 2.24) is 0 Å². The number of hydrogen-bond donors (Lipinski definition) is 0. The van der Waals surface area contributed by atoms with E-state index in [9.17, 15) is 9.59 Å². The Hall–Kier alpha value is -5.04. The van der Waals surface area contributed by atoms with Gasteiger partial charge in [0.15, 0.2) is 5.43 Å². The first-order valence-electron chi connectivity index (χ1n) is 22.4. The fourth-order valence-corrected chi connectivity index (χ4v) is 6.98. The molecule has 0 aliphatic rings. The lowest BCUT2D eigenvalue weighted by atomic mass is 10.0. The molecule has 0 saturated heterocycles. The highest BCUT2D eigenvalue weighted by Crippen LogP contribution is 2.26. The zero-order valence-corrected chi connectivity index (χ0v) is 35.8. The standard InChI is InChI=1S/C52H66O7/c1-4-6-7-8-9-11-14-17-35-56-46-30-26-43(27-31-46)49-39-58-50-37-47(32-33-48(50)51(49)53)57-36-19-16-13-10-12-15-18-34-55-45-28-24-42(25-29-45)41-20-22-44(23-21-41)52(54)59-38-40(3)5-2/h20-33,37,39-40H,4-19,34-36,38H2,1-3H3/t40-/m0/s1. The van der Waals surface area contributed by atoms with Gasteiger partial charge in [0.1, 0.15) is 29.1 Å². The Balaban J connectivity index is 0.908. The van der Waals surface area contributed by atoms with E-state index in [1.165, 1.54) is 64.2 Å². The van der Waals surface area contributed by atoms with Crippen molar-refractivity contribution in [2.75, 3.05) is 26.4 Å². The quantitative estimate of drug-likeness (QED) is 0.0368. The maximum atomic E-state index is 13.4. The summed E-state index contributed by atoms with van der Waals surface area (Å²) in [5.74, 6) is 2.50. The number of carbonyl (C=O) groups is 1. The Kier molecular flexibility index (Phi) is 19.4. The van der Waals surface area contributed by atoms with Crippen LogP contribution in [0.4, 0.5) is 0 Å². The Morgan fingerprint density at radius 1 is 0.559 bits per heavy atom. The zero-order chi connectivity index (χ0) is 41.5. The van der Waals surface area contributed by atoms with Gasteiger partial charge in [0.05, 0.1) is 42.9 Å². The van der Waals surface area contributed by atoms with Crippen LogP contribution in [0.25, 0.3) is 33.2 Å². The molecule has 5 aromatic rings. The van der Waals surface area contributed by atoms with E-state index in [-0.39, 0.29) is 11.4 Å². The molecule has 4 aromatic carbocycles. The third-order valence-corrected chi connectivity index (χ3v) is 11.0. The normalized spacial score (nSPS) is 11.7. The van der Waals surface area contributed by atoms with Crippen LogP contribution in [0, 0.1) is 5.92 Å². The Bertz CT molecular complexity index is 2000. The molecule has 7 nitrogen and oxygen atoms in total. The third-order valence-electron chi connectivity index (χ3n) is 11.0. The molecule has 0 aliphatic heterocycles. The summed E-state index contributed by atoms with van der Waals surface area (Å²) in [6.45, 7) is 8.92. The van der Waals surface area contributed by atoms with Crippen LogP contribution in [-0.2, 0) is 4.74 Å². The Morgan fingerprint density at radius 3 is 1.54 bits per heavy atom. The molecule has 0 amide bonds. The number of esters is 1. The second kappa shape index (κ2) is 25.4. The van der Waals surface area contributed by atoms with Crippen molar-refractivity contribution in [1.29, 1.82) is 0 Å². The molecular formula is C52H66O7. The smallest absolute Gasteiger partial charge is 0.338 e. The summed E-state index contributed by atoms with van der Waals surface area (Å²) in [4.78, 5) is 25.7. The van der Waals surface area contributed by atoms with E-state index in [4.69, 9.17) is 23.4 Å². The van der Waals surface area contributed by atoms with Crippen molar-refractivity contribution in [3.63, 3.8) is 0 Å². The van der Waals surface area contributed by atoms with Crippen molar-refractivity contribution in [2.24, 2.45) is 5.92 Å². The molecule has 1 aromatic heterocycles. The van der Waals surface area contributed by atoms with Crippen LogP contribution < -0.4 is 19.6 Å². The molecule has 0 N–H and O–H groups in total. The van der Waals surface area contributed by atoms with E-state index in [0.29, 0.717) is 60.2 Å². The fourth-order valence-electron chi connectivity index (χ4n) is 6.98. The molecule has 59 heavy (non-hydrogen) atoms. The van der Waals surface area contributed by atoms with Crippen molar-refractivity contribution < 1.29 is 28.2 Å². The molecule has 0 saturated carbocycles. The molecule has 0 radical (unpaired) electrons. The number of carbonyl (C=O) groups excluding carboxylic acids is 1. The number of unbranched alkanes of at least 4 members (excludes halogenated alkanes) is 13. The topological polar surface area (TPSA) is 84.2 Å². The number of rotatable bonds is 28. The van der Waals surface area contributed by atoms with Gasteiger partial charge in [-0.15, -0.1) is 0 Å². The van der Waals surface area contributed by atoms with Crippen molar-refractivity contribution >= 4 is 16.9 Å². The van der Waals surface area contributed by atoms with Gasteiger partial charge in [0.25, 0.3) is 0 Å². The van der Waals surface area contributed by atoms with Crippen LogP contribution >= 0.6 is 0 Å². The maximum Gasteiger partial charge on any atom is 0.338 e. The first kappa shape index (κ1) is 45.1. The minimum absolute atomic E-state index is 0.0521. The first-order valence-corrected chi connectivity index (χ1v) is 22.4. The molecule has 7 heteroatoms. The average Bonchev–Trinajstić information content (AvgIpc) is 3.27. The molecular weight excluding hydrogens is 737 g/mol. The van der Waals surface area contributed by atoms with Gasteiger partial charge in [-0.1, -0.05) is 141 Å². The van der Waals surface area contributed by atoms with Crippen LogP contribution in [0.15, 0.2) is 106 Å². The minimum atomic E-state index is -0.273. The van der Waals surface area contributed by atoms with Crippen LogP contribution in [0.3, 0.4) is 0 Å². The lowest BCUT2D eigenvalue weighted by Gasteiger charge is -2.10. The van der Waals surface area contributed by atoms with Crippen LogP contribution in [0.1, 0.15) is 134 Å². The van der Waals surface area contributed by atoms with E-state index in [1.54, 1.807) is 12.3 Å². The van der Waals surface area contributed by atoms with Crippen molar-refractivity contribution in [2.45, 2.75) is 124 Å². The number of benzene rings is 4. The SMILES string of the molecule is CCCCCCCCCCOc1ccc(-c2coc3cc(OCCCCCCCCCOc4ccc(-c5ccc(C(=O)OC[C@@H](C)CC)cc5)cc4)ccc3c2=O)cc1. The number of hydrogen-bond acceptors (Lipinski definition) is 7. The van der Waals surface area contributed by atoms with Gasteiger partial charge in [0, 0.05) is 6.07 Å². The predicted molar refractivity (Wildman–Crippen MR) is 241 cm³/mol. The van der Waals surface area contributed by atoms with E-state index in [2.05, 4.69) is 32.9 Å². The van der Waals surface area contributed by atoms with Gasteiger partial charge in [-0.3, -0.25) is 4.79 Å². The summed E-state index contributed by atoms with van der Waals surface area (Å²) in [5, 5.41) is 0.546.